The first-order chi connectivity index (χ1) is 20.2. The van der Waals surface area contributed by atoms with Crippen molar-refractivity contribution in [1.29, 1.82) is 0 Å². The van der Waals surface area contributed by atoms with Crippen molar-refractivity contribution in [2.75, 3.05) is 13.2 Å². The molecule has 0 bridgehead atoms. The first-order valence-electron chi connectivity index (χ1n) is 14.1. The number of ether oxygens (including phenoxy) is 3. The van der Waals surface area contributed by atoms with Gasteiger partial charge in [-0.05, 0) is 46.6 Å². The number of rotatable bonds is 12. The number of hydrogen-bond donors (Lipinski definition) is 0. The molecule has 6 rings (SSSR count). The molecule has 2 fully saturated rings. The molecule has 4 aromatic carbocycles. The largest absolute Gasteiger partial charge is 0.369 e. The number of epoxide rings is 2. The van der Waals surface area contributed by atoms with E-state index in [9.17, 15) is 0 Å². The van der Waals surface area contributed by atoms with Crippen LogP contribution in [0, 0.1) is 0 Å². The van der Waals surface area contributed by atoms with Gasteiger partial charge >= 0.3 is 0 Å². The summed E-state index contributed by atoms with van der Waals surface area (Å²) in [4.78, 5) is 0. The summed E-state index contributed by atoms with van der Waals surface area (Å²) < 4.78 is 19.4. The second kappa shape index (κ2) is 12.5. The van der Waals surface area contributed by atoms with Gasteiger partial charge in [-0.3, -0.25) is 0 Å². The molecular weight excluding hydrogens is 504 g/mol. The maximum absolute atomic E-state index is 7.36. The summed E-state index contributed by atoms with van der Waals surface area (Å²) in [5.74, 6) is 0. The fourth-order valence-electron chi connectivity index (χ4n) is 4.89. The zero-order chi connectivity index (χ0) is 27.8. The molecule has 0 aliphatic carbocycles. The van der Waals surface area contributed by atoms with Gasteiger partial charge < -0.3 is 14.2 Å². The lowest BCUT2D eigenvalue weighted by atomic mass is 9.90. The second-order valence-electron chi connectivity index (χ2n) is 10.4. The van der Waals surface area contributed by atoms with Crippen LogP contribution in [-0.2, 0) is 14.2 Å². The Balaban J connectivity index is 1.46. The molecule has 41 heavy (non-hydrogen) atoms. The summed E-state index contributed by atoms with van der Waals surface area (Å²) in [6.07, 6.45) is 16.8. The van der Waals surface area contributed by atoms with Crippen LogP contribution in [0.3, 0.4) is 0 Å². The number of benzene rings is 4. The highest BCUT2D eigenvalue weighted by Crippen LogP contribution is 2.42. The van der Waals surface area contributed by atoms with Gasteiger partial charge in [0, 0.05) is 0 Å². The van der Waals surface area contributed by atoms with Crippen molar-refractivity contribution < 1.29 is 14.2 Å². The molecule has 3 heteroatoms. The normalized spacial score (nSPS) is 21.4. The van der Waals surface area contributed by atoms with Crippen molar-refractivity contribution >= 4 is 24.3 Å². The highest BCUT2D eigenvalue weighted by molar-refractivity contribution is 5.59. The third kappa shape index (κ3) is 7.08. The molecule has 0 N–H and O–H groups in total. The molecule has 2 heterocycles. The zero-order valence-corrected chi connectivity index (χ0v) is 23.0. The lowest BCUT2D eigenvalue weighted by Gasteiger charge is -2.37. The smallest absolute Gasteiger partial charge is 0.135 e. The van der Waals surface area contributed by atoms with E-state index in [4.69, 9.17) is 14.2 Å². The van der Waals surface area contributed by atoms with Gasteiger partial charge in [-0.1, -0.05) is 146 Å². The minimum absolute atomic E-state index is 0.129. The Bertz CT molecular complexity index is 1280. The van der Waals surface area contributed by atoms with E-state index >= 15 is 0 Å². The predicted molar refractivity (Wildman–Crippen MR) is 168 cm³/mol. The molecule has 2 atom stereocenters. The van der Waals surface area contributed by atoms with E-state index < -0.39 is 11.2 Å². The van der Waals surface area contributed by atoms with Crippen LogP contribution in [0.25, 0.3) is 24.3 Å². The molecule has 0 saturated carbocycles. The molecule has 3 nitrogen and oxygen atoms in total. The first kappa shape index (κ1) is 26.9. The Morgan fingerprint density at radius 1 is 0.439 bits per heavy atom. The van der Waals surface area contributed by atoms with Crippen LogP contribution in [0.2, 0.25) is 0 Å². The highest BCUT2D eigenvalue weighted by Gasteiger charge is 2.54. The van der Waals surface area contributed by atoms with Gasteiger partial charge in [0.25, 0.3) is 0 Å². The quantitative estimate of drug-likeness (QED) is 0.171. The summed E-state index contributed by atoms with van der Waals surface area (Å²) >= 11 is 0. The highest BCUT2D eigenvalue weighted by atomic mass is 16.6. The van der Waals surface area contributed by atoms with Crippen LogP contribution >= 0.6 is 0 Å². The Morgan fingerprint density at radius 2 is 0.683 bits per heavy atom. The van der Waals surface area contributed by atoms with Gasteiger partial charge in [0.1, 0.15) is 23.4 Å². The average molecular weight is 539 g/mol. The maximum atomic E-state index is 7.36. The van der Waals surface area contributed by atoms with Crippen LogP contribution < -0.4 is 0 Å². The van der Waals surface area contributed by atoms with Gasteiger partial charge in [-0.25, -0.2) is 0 Å². The minimum Gasteiger partial charge on any atom is -0.369 e. The molecule has 4 aromatic rings. The summed E-state index contributed by atoms with van der Waals surface area (Å²) in [5, 5.41) is 0. The van der Waals surface area contributed by atoms with Crippen molar-refractivity contribution in [2.24, 2.45) is 0 Å². The molecular formula is C38H34O3. The van der Waals surface area contributed by atoms with Gasteiger partial charge in [-0.2, -0.15) is 0 Å². The standard InChI is InChI=1S/C38H34O3/c1-5-13-31(14-6-1)21-25-37(35-29-39-35,26-22-32-15-7-2-8-16-32)41-38(36-30-40-36,27-23-33-17-9-3-10-18-33)28-24-34-19-11-4-12-20-34/h1-28,35-36H,29-30H2. The van der Waals surface area contributed by atoms with Gasteiger partial charge in [-0.15, -0.1) is 0 Å². The summed E-state index contributed by atoms with van der Waals surface area (Å²) in [5.41, 5.74) is 2.70. The lowest BCUT2D eigenvalue weighted by Crippen LogP contribution is -2.47. The SMILES string of the molecule is C(=CC(C=Cc1ccccc1)(OC(C=Cc1ccccc1)(C=Cc1ccccc1)C1CO1)C1CO1)c1ccccc1. The van der Waals surface area contributed by atoms with Crippen LogP contribution in [-0.4, -0.2) is 36.6 Å². The summed E-state index contributed by atoms with van der Waals surface area (Å²) in [7, 11) is 0. The monoisotopic (exact) mass is 538 g/mol. The lowest BCUT2D eigenvalue weighted by molar-refractivity contribution is -0.0779. The third-order valence-electron chi connectivity index (χ3n) is 7.37. The van der Waals surface area contributed by atoms with Crippen molar-refractivity contribution in [3.8, 4) is 0 Å². The van der Waals surface area contributed by atoms with Crippen molar-refractivity contribution in [2.45, 2.75) is 23.4 Å². The van der Waals surface area contributed by atoms with E-state index in [0.29, 0.717) is 13.2 Å². The summed E-state index contributed by atoms with van der Waals surface area (Å²) in [6, 6.07) is 41.2. The van der Waals surface area contributed by atoms with Crippen molar-refractivity contribution in [1.82, 2.24) is 0 Å². The molecule has 2 aliphatic rings. The predicted octanol–water partition coefficient (Wildman–Crippen LogP) is 8.13. The van der Waals surface area contributed by atoms with E-state index in [1.807, 2.05) is 72.8 Å². The molecule has 0 spiro atoms. The van der Waals surface area contributed by atoms with Crippen LogP contribution in [0.5, 0.6) is 0 Å². The van der Waals surface area contributed by atoms with Crippen LogP contribution in [0.1, 0.15) is 22.3 Å². The maximum Gasteiger partial charge on any atom is 0.135 e. The van der Waals surface area contributed by atoms with Crippen molar-refractivity contribution in [3.63, 3.8) is 0 Å². The van der Waals surface area contributed by atoms with E-state index in [-0.39, 0.29) is 12.2 Å². The molecule has 2 saturated heterocycles. The van der Waals surface area contributed by atoms with Gasteiger partial charge in [0.15, 0.2) is 0 Å². The van der Waals surface area contributed by atoms with Gasteiger partial charge in [0.2, 0.25) is 0 Å². The van der Waals surface area contributed by atoms with Gasteiger partial charge in [0.05, 0.1) is 13.2 Å². The number of hydrogen-bond acceptors (Lipinski definition) is 3. The molecule has 0 radical (unpaired) electrons. The fraction of sp³-hybridized carbons (Fsp3) is 0.158. The van der Waals surface area contributed by atoms with Crippen LogP contribution in [0.15, 0.2) is 146 Å². The van der Waals surface area contributed by atoms with Crippen LogP contribution in [0.4, 0.5) is 0 Å². The Morgan fingerprint density at radius 3 is 0.902 bits per heavy atom. The van der Waals surface area contributed by atoms with E-state index in [1.165, 1.54) is 0 Å². The first-order valence-corrected chi connectivity index (χ1v) is 14.1. The Kier molecular flexibility index (Phi) is 8.20. The van der Waals surface area contributed by atoms with E-state index in [2.05, 4.69) is 97.1 Å². The Labute approximate surface area is 242 Å². The van der Waals surface area contributed by atoms with E-state index in [0.717, 1.165) is 22.3 Å². The fourth-order valence-corrected chi connectivity index (χ4v) is 4.89. The molecule has 2 unspecified atom stereocenters. The third-order valence-corrected chi connectivity index (χ3v) is 7.37. The van der Waals surface area contributed by atoms with Crippen molar-refractivity contribution in [3.05, 3.63) is 168 Å². The Hall–Kier alpha value is -4.28. The zero-order valence-electron chi connectivity index (χ0n) is 23.0. The van der Waals surface area contributed by atoms with E-state index in [1.54, 1.807) is 0 Å². The summed E-state index contributed by atoms with van der Waals surface area (Å²) in [6.45, 7) is 1.23. The molecule has 2 aliphatic heterocycles. The molecule has 204 valence electrons. The minimum atomic E-state index is -0.848. The molecule has 0 amide bonds. The molecule has 0 aromatic heterocycles. The average Bonchev–Trinajstić information content (AvgIpc) is 3.95. The second-order valence-corrected chi connectivity index (χ2v) is 10.4. The topological polar surface area (TPSA) is 34.3 Å².